The van der Waals surface area contributed by atoms with E-state index >= 15 is 0 Å². The molecular formula is C9H17S+. The molecule has 0 spiro atoms. The second-order valence-corrected chi connectivity index (χ2v) is 6.50. The molecule has 2 aliphatic rings. The SMILES string of the molecule is C[C@@H]1CCC[C@@H]2CCC[S+]21. The third-order valence-corrected chi connectivity index (χ3v) is 6.35. The second kappa shape index (κ2) is 2.77. The number of rotatable bonds is 0. The second-order valence-electron chi connectivity index (χ2n) is 3.68. The minimum atomic E-state index is 0.870. The lowest BCUT2D eigenvalue weighted by Gasteiger charge is -2.22. The minimum absolute atomic E-state index is 0.870. The van der Waals surface area contributed by atoms with Crippen molar-refractivity contribution in [1.29, 1.82) is 0 Å². The van der Waals surface area contributed by atoms with Gasteiger partial charge in [0.1, 0.15) is 16.3 Å². The van der Waals surface area contributed by atoms with E-state index in [1.54, 1.807) is 18.6 Å². The van der Waals surface area contributed by atoms with Gasteiger partial charge in [0.05, 0.1) is 0 Å². The monoisotopic (exact) mass is 157 g/mol. The van der Waals surface area contributed by atoms with Gasteiger partial charge in [0.2, 0.25) is 0 Å². The molecular weight excluding hydrogens is 140 g/mol. The highest BCUT2D eigenvalue weighted by atomic mass is 32.2. The highest BCUT2D eigenvalue weighted by molar-refractivity contribution is 7.98. The summed E-state index contributed by atoms with van der Waals surface area (Å²) in [6.07, 6.45) is 7.72. The van der Waals surface area contributed by atoms with E-state index < -0.39 is 0 Å². The fraction of sp³-hybridized carbons (Fsp3) is 1.00. The highest BCUT2D eigenvalue weighted by Crippen LogP contribution is 2.35. The molecule has 0 aromatic carbocycles. The van der Waals surface area contributed by atoms with Gasteiger partial charge in [-0.3, -0.25) is 0 Å². The maximum Gasteiger partial charge on any atom is 0.118 e. The lowest BCUT2D eigenvalue weighted by molar-refractivity contribution is 0.606. The molecule has 0 aromatic rings. The molecule has 0 N–H and O–H groups in total. The molecule has 2 heterocycles. The summed E-state index contributed by atoms with van der Waals surface area (Å²) < 4.78 is 0. The van der Waals surface area contributed by atoms with Gasteiger partial charge in [-0.1, -0.05) is 0 Å². The quantitative estimate of drug-likeness (QED) is 0.473. The van der Waals surface area contributed by atoms with Crippen LogP contribution in [0.5, 0.6) is 0 Å². The van der Waals surface area contributed by atoms with Gasteiger partial charge in [0, 0.05) is 0 Å². The molecule has 3 atom stereocenters. The Hall–Kier alpha value is 0.350. The summed E-state index contributed by atoms with van der Waals surface area (Å²) >= 11 is 0. The Kier molecular flexibility index (Phi) is 1.94. The first-order valence-electron chi connectivity index (χ1n) is 4.56. The van der Waals surface area contributed by atoms with Crippen LogP contribution < -0.4 is 0 Å². The Morgan fingerprint density at radius 3 is 2.70 bits per heavy atom. The average molecular weight is 157 g/mol. The van der Waals surface area contributed by atoms with Crippen LogP contribution in [0.15, 0.2) is 0 Å². The lowest BCUT2D eigenvalue weighted by atomic mass is 10.1. The van der Waals surface area contributed by atoms with Crippen molar-refractivity contribution in [3.8, 4) is 0 Å². The number of fused-ring (bicyclic) bond motifs is 1. The molecule has 0 aromatic heterocycles. The number of hydrogen-bond acceptors (Lipinski definition) is 0. The van der Waals surface area contributed by atoms with Crippen LogP contribution >= 0.6 is 0 Å². The van der Waals surface area contributed by atoms with Crippen LogP contribution in [0.3, 0.4) is 0 Å². The molecule has 1 heteroatoms. The Bertz CT molecular complexity index is 122. The first-order chi connectivity index (χ1) is 4.88. The fourth-order valence-electron chi connectivity index (χ4n) is 2.41. The molecule has 1 unspecified atom stereocenters. The first-order valence-corrected chi connectivity index (χ1v) is 6.08. The molecule has 0 saturated carbocycles. The van der Waals surface area contributed by atoms with Crippen LogP contribution in [0.1, 0.15) is 39.0 Å². The zero-order chi connectivity index (χ0) is 6.97. The van der Waals surface area contributed by atoms with Gasteiger partial charge in [-0.05, 0) is 49.9 Å². The van der Waals surface area contributed by atoms with Gasteiger partial charge in [0.25, 0.3) is 0 Å². The van der Waals surface area contributed by atoms with Gasteiger partial charge in [-0.25, -0.2) is 0 Å². The van der Waals surface area contributed by atoms with E-state index in [-0.39, 0.29) is 0 Å². The van der Waals surface area contributed by atoms with Crippen molar-refractivity contribution in [2.45, 2.75) is 49.5 Å². The standard InChI is InChI=1S/C9H17S/c1-8-4-2-5-9-6-3-7-10(8)9/h8-9H,2-7H2,1H3/q+1/t8-,9-,10?/m1/s1. The van der Waals surface area contributed by atoms with E-state index in [0.29, 0.717) is 0 Å². The molecule has 58 valence electrons. The Balaban J connectivity index is 2.03. The molecule has 2 rings (SSSR count). The van der Waals surface area contributed by atoms with Crippen molar-refractivity contribution in [3.63, 3.8) is 0 Å². The Morgan fingerprint density at radius 1 is 1.10 bits per heavy atom. The molecule has 2 aliphatic heterocycles. The van der Waals surface area contributed by atoms with Crippen LogP contribution in [-0.4, -0.2) is 16.3 Å². The van der Waals surface area contributed by atoms with Crippen molar-refractivity contribution in [2.24, 2.45) is 0 Å². The smallest absolute Gasteiger partial charge is 0.0438 e. The summed E-state index contributed by atoms with van der Waals surface area (Å²) in [5.41, 5.74) is 0. The van der Waals surface area contributed by atoms with E-state index in [9.17, 15) is 0 Å². The van der Waals surface area contributed by atoms with Gasteiger partial charge in [-0.2, -0.15) is 0 Å². The zero-order valence-corrected chi connectivity index (χ0v) is 7.62. The fourth-order valence-corrected chi connectivity index (χ4v) is 5.71. The normalized spacial score (nSPS) is 47.1. The van der Waals surface area contributed by atoms with Crippen molar-refractivity contribution in [3.05, 3.63) is 0 Å². The predicted octanol–water partition coefficient (Wildman–Crippen LogP) is 2.34. The van der Waals surface area contributed by atoms with E-state index in [4.69, 9.17) is 0 Å². The summed E-state index contributed by atoms with van der Waals surface area (Å²) in [7, 11) is 0.870. The third kappa shape index (κ3) is 1.09. The maximum atomic E-state index is 2.47. The Labute approximate surface area is 66.7 Å². The molecule has 0 aliphatic carbocycles. The van der Waals surface area contributed by atoms with E-state index in [1.807, 2.05) is 0 Å². The number of hydrogen-bond donors (Lipinski definition) is 0. The molecule has 2 fully saturated rings. The van der Waals surface area contributed by atoms with Crippen LogP contribution in [-0.2, 0) is 10.9 Å². The first kappa shape index (κ1) is 7.02. The van der Waals surface area contributed by atoms with Crippen molar-refractivity contribution in [1.82, 2.24) is 0 Å². The molecule has 0 radical (unpaired) electrons. The molecule has 0 nitrogen and oxygen atoms in total. The van der Waals surface area contributed by atoms with Crippen molar-refractivity contribution < 1.29 is 0 Å². The van der Waals surface area contributed by atoms with Crippen LogP contribution in [0.4, 0.5) is 0 Å². The molecule has 10 heavy (non-hydrogen) atoms. The van der Waals surface area contributed by atoms with Crippen LogP contribution in [0, 0.1) is 0 Å². The van der Waals surface area contributed by atoms with Gasteiger partial charge in [-0.15, -0.1) is 0 Å². The van der Waals surface area contributed by atoms with Gasteiger partial charge < -0.3 is 0 Å². The molecule has 0 amide bonds. The van der Waals surface area contributed by atoms with Crippen molar-refractivity contribution >= 4 is 10.9 Å². The summed E-state index contributed by atoms with van der Waals surface area (Å²) in [6, 6.07) is 0. The van der Waals surface area contributed by atoms with E-state index in [2.05, 4.69) is 6.92 Å². The average Bonchev–Trinajstić information content (AvgIpc) is 2.36. The van der Waals surface area contributed by atoms with Crippen LogP contribution in [0.25, 0.3) is 0 Å². The topological polar surface area (TPSA) is 0 Å². The molecule has 0 bridgehead atoms. The summed E-state index contributed by atoms with van der Waals surface area (Å²) in [5, 5.41) is 2.25. The van der Waals surface area contributed by atoms with Gasteiger partial charge in [0.15, 0.2) is 0 Å². The largest absolute Gasteiger partial charge is 0.118 e. The third-order valence-electron chi connectivity index (χ3n) is 2.99. The van der Waals surface area contributed by atoms with Gasteiger partial charge >= 0.3 is 0 Å². The van der Waals surface area contributed by atoms with E-state index in [1.165, 1.54) is 24.5 Å². The Morgan fingerprint density at radius 2 is 1.90 bits per heavy atom. The zero-order valence-electron chi connectivity index (χ0n) is 6.81. The lowest BCUT2D eigenvalue weighted by Crippen LogP contribution is -2.31. The predicted molar refractivity (Wildman–Crippen MR) is 48.6 cm³/mol. The summed E-state index contributed by atoms with van der Waals surface area (Å²) in [5.74, 6) is 1.58. The summed E-state index contributed by atoms with van der Waals surface area (Å²) in [6.45, 7) is 2.47. The molecule has 2 saturated heterocycles. The summed E-state index contributed by atoms with van der Waals surface area (Å²) in [4.78, 5) is 0. The van der Waals surface area contributed by atoms with Crippen LogP contribution in [0.2, 0.25) is 0 Å². The minimum Gasteiger partial charge on any atom is -0.0438 e. The van der Waals surface area contributed by atoms with Crippen molar-refractivity contribution in [2.75, 3.05) is 5.75 Å². The van der Waals surface area contributed by atoms with E-state index in [0.717, 1.165) is 16.1 Å². The maximum absolute atomic E-state index is 2.47. The highest BCUT2D eigenvalue weighted by Gasteiger charge is 2.42.